The van der Waals surface area contributed by atoms with Crippen LogP contribution in [0.3, 0.4) is 0 Å². The van der Waals surface area contributed by atoms with Crippen LogP contribution in [0.25, 0.3) is 0 Å². The molecule has 1 nitrogen and oxygen atoms in total. The van der Waals surface area contributed by atoms with Gasteiger partial charge in [0.05, 0.1) is 0 Å². The lowest BCUT2D eigenvalue weighted by atomic mass is 10.1. The molecular formula is C8H16N-. The maximum Gasteiger partial charge on any atom is -0.00214 e. The SMILES string of the molecule is CC1C[CH-]CCN(C)C1. The Morgan fingerprint density at radius 2 is 2.33 bits per heavy atom. The summed E-state index contributed by atoms with van der Waals surface area (Å²) in [7, 11) is 2.20. The summed E-state index contributed by atoms with van der Waals surface area (Å²) in [5.41, 5.74) is 0. The van der Waals surface area contributed by atoms with Crippen LogP contribution in [-0.4, -0.2) is 25.0 Å². The third-order valence-electron chi connectivity index (χ3n) is 1.91. The summed E-state index contributed by atoms with van der Waals surface area (Å²) in [6.07, 6.45) is 5.00. The molecule has 9 heavy (non-hydrogen) atoms. The lowest BCUT2D eigenvalue weighted by Gasteiger charge is -2.17. The van der Waals surface area contributed by atoms with Gasteiger partial charge in [0.25, 0.3) is 0 Å². The van der Waals surface area contributed by atoms with Gasteiger partial charge in [-0.1, -0.05) is 12.8 Å². The largest absolute Gasteiger partial charge is 0.327 e. The summed E-state index contributed by atoms with van der Waals surface area (Å²) in [5.74, 6) is 0.873. The number of hydrogen-bond donors (Lipinski definition) is 0. The molecule has 0 spiro atoms. The van der Waals surface area contributed by atoms with Gasteiger partial charge in [-0.3, -0.25) is 0 Å². The van der Waals surface area contributed by atoms with Gasteiger partial charge in [0.15, 0.2) is 0 Å². The Hall–Kier alpha value is -0.0400. The van der Waals surface area contributed by atoms with Gasteiger partial charge >= 0.3 is 0 Å². The highest BCUT2D eigenvalue weighted by molar-refractivity contribution is 4.76. The number of likely N-dealkylation sites (tertiary alicyclic amines) is 1. The minimum absolute atomic E-state index is 0.873. The minimum Gasteiger partial charge on any atom is -0.327 e. The fourth-order valence-corrected chi connectivity index (χ4v) is 1.41. The molecule has 54 valence electrons. The van der Waals surface area contributed by atoms with Crippen molar-refractivity contribution < 1.29 is 0 Å². The highest BCUT2D eigenvalue weighted by atomic mass is 15.1. The summed E-state index contributed by atoms with van der Waals surface area (Å²) in [4.78, 5) is 2.41. The van der Waals surface area contributed by atoms with Crippen molar-refractivity contribution in [1.82, 2.24) is 4.90 Å². The standard InChI is InChI=1S/C8H16N/c1-8-5-3-4-6-9(2)7-8/h3,8H,4-7H2,1-2H3/q-1. The molecule has 1 unspecified atom stereocenters. The van der Waals surface area contributed by atoms with E-state index in [1.54, 1.807) is 0 Å². The van der Waals surface area contributed by atoms with E-state index < -0.39 is 0 Å². The molecule has 0 saturated carbocycles. The third kappa shape index (κ3) is 2.35. The third-order valence-corrected chi connectivity index (χ3v) is 1.91. The van der Waals surface area contributed by atoms with Gasteiger partial charge in [-0.2, -0.15) is 12.8 Å². The Kier molecular flexibility index (Phi) is 2.52. The highest BCUT2D eigenvalue weighted by Crippen LogP contribution is 2.12. The van der Waals surface area contributed by atoms with Gasteiger partial charge in [0.2, 0.25) is 0 Å². The highest BCUT2D eigenvalue weighted by Gasteiger charge is 2.04. The van der Waals surface area contributed by atoms with E-state index in [9.17, 15) is 0 Å². The predicted octanol–water partition coefficient (Wildman–Crippen LogP) is 1.55. The van der Waals surface area contributed by atoms with Crippen molar-refractivity contribution in [3.8, 4) is 0 Å². The Labute approximate surface area is 58.0 Å². The molecule has 0 aliphatic carbocycles. The fourth-order valence-electron chi connectivity index (χ4n) is 1.41. The van der Waals surface area contributed by atoms with E-state index in [1.807, 2.05) is 0 Å². The van der Waals surface area contributed by atoms with Crippen LogP contribution in [0.2, 0.25) is 0 Å². The number of hydrogen-bond acceptors (Lipinski definition) is 1. The van der Waals surface area contributed by atoms with Gasteiger partial charge in [-0.25, -0.2) is 0 Å². The number of rotatable bonds is 0. The smallest absolute Gasteiger partial charge is 0.00214 e. The minimum atomic E-state index is 0.873. The van der Waals surface area contributed by atoms with E-state index in [0.29, 0.717) is 0 Å². The summed E-state index contributed by atoms with van der Waals surface area (Å²) < 4.78 is 0. The Bertz CT molecular complexity index is 70.6. The Morgan fingerprint density at radius 1 is 1.56 bits per heavy atom. The average Bonchev–Trinajstić information content (AvgIpc) is 1.93. The first kappa shape index (κ1) is 7.07. The first-order valence-corrected chi connectivity index (χ1v) is 3.79. The molecule has 1 rings (SSSR count). The molecule has 0 bridgehead atoms. The van der Waals surface area contributed by atoms with Crippen LogP contribution in [0.4, 0.5) is 0 Å². The van der Waals surface area contributed by atoms with Gasteiger partial charge in [-0.05, 0) is 20.1 Å². The summed E-state index contributed by atoms with van der Waals surface area (Å²) in [6.45, 7) is 4.85. The zero-order valence-corrected chi connectivity index (χ0v) is 6.43. The van der Waals surface area contributed by atoms with Crippen LogP contribution in [0.15, 0.2) is 0 Å². The van der Waals surface area contributed by atoms with E-state index >= 15 is 0 Å². The van der Waals surface area contributed by atoms with Gasteiger partial charge in [0, 0.05) is 0 Å². The molecule has 1 heteroatoms. The molecule has 0 aromatic carbocycles. The van der Waals surface area contributed by atoms with Crippen molar-refractivity contribution in [2.75, 3.05) is 20.1 Å². The molecule has 0 aromatic heterocycles. The molecule has 1 heterocycles. The topological polar surface area (TPSA) is 3.24 Å². The van der Waals surface area contributed by atoms with Crippen LogP contribution in [0.5, 0.6) is 0 Å². The first-order chi connectivity index (χ1) is 4.29. The summed E-state index contributed by atoms with van der Waals surface area (Å²) in [6, 6.07) is 0. The van der Waals surface area contributed by atoms with E-state index in [4.69, 9.17) is 0 Å². The fraction of sp³-hybridized carbons (Fsp3) is 0.875. The second-order valence-electron chi connectivity index (χ2n) is 3.18. The van der Waals surface area contributed by atoms with Gasteiger partial charge < -0.3 is 11.3 Å². The van der Waals surface area contributed by atoms with Crippen molar-refractivity contribution in [2.45, 2.75) is 19.8 Å². The van der Waals surface area contributed by atoms with Crippen LogP contribution >= 0.6 is 0 Å². The molecule has 0 radical (unpaired) electrons. The molecule has 1 saturated heterocycles. The average molecular weight is 126 g/mol. The normalized spacial score (nSPS) is 32.0. The van der Waals surface area contributed by atoms with E-state index in [0.717, 1.165) is 5.92 Å². The maximum atomic E-state index is 2.41. The monoisotopic (exact) mass is 126 g/mol. The zero-order valence-electron chi connectivity index (χ0n) is 6.43. The number of nitrogens with zero attached hydrogens (tertiary/aromatic N) is 1. The molecule has 1 aliphatic heterocycles. The molecule has 1 atom stereocenters. The molecule has 0 aromatic rings. The zero-order chi connectivity index (χ0) is 6.69. The maximum absolute atomic E-state index is 2.41. The van der Waals surface area contributed by atoms with E-state index in [2.05, 4.69) is 25.3 Å². The van der Waals surface area contributed by atoms with Crippen LogP contribution < -0.4 is 0 Å². The Morgan fingerprint density at radius 3 is 3.11 bits per heavy atom. The summed E-state index contributed by atoms with van der Waals surface area (Å²) in [5, 5.41) is 0. The van der Waals surface area contributed by atoms with Gasteiger partial charge in [0.1, 0.15) is 0 Å². The van der Waals surface area contributed by atoms with Crippen LogP contribution in [-0.2, 0) is 0 Å². The molecule has 0 N–H and O–H groups in total. The predicted molar refractivity (Wildman–Crippen MR) is 40.2 cm³/mol. The van der Waals surface area contributed by atoms with Crippen LogP contribution in [0, 0.1) is 12.3 Å². The quantitative estimate of drug-likeness (QED) is 0.445. The van der Waals surface area contributed by atoms with Crippen molar-refractivity contribution in [2.24, 2.45) is 5.92 Å². The van der Waals surface area contributed by atoms with Gasteiger partial charge in [-0.15, -0.1) is 0 Å². The second-order valence-corrected chi connectivity index (χ2v) is 3.18. The van der Waals surface area contributed by atoms with E-state index in [1.165, 1.54) is 25.9 Å². The lowest BCUT2D eigenvalue weighted by molar-refractivity contribution is 0.310. The second kappa shape index (κ2) is 3.21. The molecule has 1 aliphatic rings. The summed E-state index contributed by atoms with van der Waals surface area (Å²) >= 11 is 0. The Balaban J connectivity index is 2.29. The molecule has 0 amide bonds. The van der Waals surface area contributed by atoms with Crippen molar-refractivity contribution in [3.05, 3.63) is 6.42 Å². The van der Waals surface area contributed by atoms with Crippen molar-refractivity contribution >= 4 is 0 Å². The lowest BCUT2D eigenvalue weighted by Crippen LogP contribution is -2.22. The molecular weight excluding hydrogens is 110 g/mol. The van der Waals surface area contributed by atoms with Crippen molar-refractivity contribution in [1.29, 1.82) is 0 Å². The first-order valence-electron chi connectivity index (χ1n) is 3.79. The molecule has 1 fully saturated rings. The van der Waals surface area contributed by atoms with E-state index in [-0.39, 0.29) is 0 Å². The van der Waals surface area contributed by atoms with Crippen LogP contribution in [0.1, 0.15) is 19.8 Å². The van der Waals surface area contributed by atoms with Crippen molar-refractivity contribution in [3.63, 3.8) is 0 Å².